The third-order valence-corrected chi connectivity index (χ3v) is 7.77. The Morgan fingerprint density at radius 1 is 1.10 bits per heavy atom. The maximum absolute atomic E-state index is 13.8. The molecule has 0 spiro atoms. The van der Waals surface area contributed by atoms with Crippen molar-refractivity contribution in [2.24, 2.45) is 5.92 Å². The second-order valence-electron chi connectivity index (χ2n) is 10.2. The van der Waals surface area contributed by atoms with E-state index in [0.717, 1.165) is 18.4 Å². The number of rotatable bonds is 11. The molecule has 1 saturated heterocycles. The average molecular weight is 551 g/mol. The number of benzene rings is 1. The van der Waals surface area contributed by atoms with Crippen LogP contribution in [0, 0.1) is 5.92 Å². The van der Waals surface area contributed by atoms with Crippen molar-refractivity contribution in [2.45, 2.75) is 44.7 Å². The first-order valence-corrected chi connectivity index (χ1v) is 13.5. The van der Waals surface area contributed by atoms with Gasteiger partial charge in [-0.2, -0.15) is 0 Å². The molecule has 3 atom stereocenters. The van der Waals surface area contributed by atoms with Crippen LogP contribution in [0.1, 0.15) is 37.7 Å². The highest BCUT2D eigenvalue weighted by atomic mass is 16.7. The lowest BCUT2D eigenvalue weighted by Gasteiger charge is -2.30. The predicted molar refractivity (Wildman–Crippen MR) is 146 cm³/mol. The van der Waals surface area contributed by atoms with Crippen molar-refractivity contribution in [1.29, 1.82) is 0 Å². The average Bonchev–Trinajstić information content (AvgIpc) is 3.65. The number of fused-ring (bicyclic) bond motifs is 1. The molecule has 40 heavy (non-hydrogen) atoms. The van der Waals surface area contributed by atoms with Gasteiger partial charge < -0.3 is 29.7 Å². The number of aromatic hydroxyl groups is 2. The predicted octanol–water partition coefficient (Wildman–Crippen LogP) is 3.42. The van der Waals surface area contributed by atoms with E-state index in [4.69, 9.17) is 9.47 Å². The number of likely N-dealkylation sites (tertiary alicyclic amines) is 1. The number of carboxylic acid groups (broad SMARTS) is 1. The number of carbonyl (C=O) groups is 2. The minimum absolute atomic E-state index is 0.0117. The van der Waals surface area contributed by atoms with Gasteiger partial charge >= 0.3 is 5.97 Å². The Kier molecular flexibility index (Phi) is 8.11. The van der Waals surface area contributed by atoms with Gasteiger partial charge in [0, 0.05) is 49.9 Å². The molecular weight excluding hydrogens is 516 g/mol. The first-order valence-electron chi connectivity index (χ1n) is 13.5. The highest BCUT2D eigenvalue weighted by molar-refractivity contribution is 5.94. The number of ether oxygens (including phenoxy) is 2. The van der Waals surface area contributed by atoms with Crippen LogP contribution in [0.25, 0.3) is 0 Å². The standard InChI is InChI=1S/C29H34N4O7/c1-2-3-12-32(20-5-4-11-30-15-20)27(36)17-31-16-21(19-6-7-23-24(14-19)40-18-39-23)28(29(37)38)22(31)10-13-33-25(34)8-9-26(33)35/h4-9,11,14-15,21-22,28,34-35H,2-3,10,12-13,16-18H2,1H3,(H,37,38)/t21-,22+,28?/m1/s1. The largest absolute Gasteiger partial charge is 0.494 e. The fraction of sp³-hybridized carbons (Fsp3) is 0.414. The van der Waals surface area contributed by atoms with E-state index in [9.17, 15) is 24.9 Å². The normalized spacial score (nSPS) is 20.1. The number of unbranched alkanes of at least 4 members (excludes halogenated alkanes) is 1. The Labute approximate surface area is 232 Å². The maximum Gasteiger partial charge on any atom is 0.308 e. The van der Waals surface area contributed by atoms with Crippen LogP contribution in [-0.2, 0) is 16.1 Å². The highest BCUT2D eigenvalue weighted by Gasteiger charge is 2.47. The van der Waals surface area contributed by atoms with E-state index in [1.165, 1.54) is 16.7 Å². The summed E-state index contributed by atoms with van der Waals surface area (Å²) in [5, 5.41) is 30.8. The molecule has 4 heterocycles. The van der Waals surface area contributed by atoms with Crippen LogP contribution < -0.4 is 14.4 Å². The summed E-state index contributed by atoms with van der Waals surface area (Å²) in [7, 11) is 0. The number of amides is 1. The van der Waals surface area contributed by atoms with Gasteiger partial charge in [-0.05, 0) is 42.7 Å². The van der Waals surface area contributed by atoms with Gasteiger partial charge in [0.05, 0.1) is 24.3 Å². The summed E-state index contributed by atoms with van der Waals surface area (Å²) in [6.45, 7) is 3.23. The number of aromatic nitrogens is 2. The molecule has 11 nitrogen and oxygen atoms in total. The lowest BCUT2D eigenvalue weighted by atomic mass is 9.84. The first-order chi connectivity index (χ1) is 19.4. The molecule has 1 aromatic carbocycles. The zero-order valence-electron chi connectivity index (χ0n) is 22.3. The van der Waals surface area contributed by atoms with Gasteiger partial charge in [-0.15, -0.1) is 0 Å². The molecule has 0 radical (unpaired) electrons. The van der Waals surface area contributed by atoms with Crippen molar-refractivity contribution in [3.05, 3.63) is 60.4 Å². The Balaban J connectivity index is 1.45. The van der Waals surface area contributed by atoms with Gasteiger partial charge in [-0.1, -0.05) is 19.4 Å². The molecule has 1 amide bonds. The maximum atomic E-state index is 13.8. The van der Waals surface area contributed by atoms with Crippen LogP contribution in [0.4, 0.5) is 5.69 Å². The zero-order chi connectivity index (χ0) is 28.2. The van der Waals surface area contributed by atoms with Gasteiger partial charge in [0.15, 0.2) is 23.3 Å². The van der Waals surface area contributed by atoms with Crippen LogP contribution in [0.15, 0.2) is 54.9 Å². The van der Waals surface area contributed by atoms with Crippen LogP contribution in [0.5, 0.6) is 23.3 Å². The minimum Gasteiger partial charge on any atom is -0.494 e. The topological polar surface area (TPSA) is 138 Å². The first kappa shape index (κ1) is 27.3. The number of carboxylic acids is 1. The fourth-order valence-electron chi connectivity index (χ4n) is 5.76. The van der Waals surface area contributed by atoms with Crippen LogP contribution >= 0.6 is 0 Å². The molecule has 0 aliphatic carbocycles. The number of hydrogen-bond acceptors (Lipinski definition) is 8. The van der Waals surface area contributed by atoms with Crippen molar-refractivity contribution in [1.82, 2.24) is 14.5 Å². The lowest BCUT2D eigenvalue weighted by molar-refractivity contribution is -0.143. The molecule has 3 N–H and O–H groups in total. The van der Waals surface area contributed by atoms with E-state index in [2.05, 4.69) is 11.9 Å². The SMILES string of the molecule is CCCCN(C(=O)CN1C[C@H](c2ccc3c(c2)OCO3)C(C(=O)O)[C@@H]1CCn1c(O)ccc1O)c1cccnc1. The zero-order valence-corrected chi connectivity index (χ0v) is 22.3. The van der Waals surface area contributed by atoms with Crippen molar-refractivity contribution in [3.63, 3.8) is 0 Å². The molecule has 11 heteroatoms. The Morgan fingerprint density at radius 2 is 1.88 bits per heavy atom. The molecule has 2 aliphatic heterocycles. The second-order valence-corrected chi connectivity index (χ2v) is 10.2. The molecule has 3 aromatic rings. The molecule has 2 aliphatic rings. The van der Waals surface area contributed by atoms with Gasteiger partial charge in [-0.3, -0.25) is 24.0 Å². The van der Waals surface area contributed by atoms with Gasteiger partial charge in [0.25, 0.3) is 0 Å². The van der Waals surface area contributed by atoms with Crippen molar-refractivity contribution in [3.8, 4) is 23.3 Å². The third kappa shape index (κ3) is 5.55. The van der Waals surface area contributed by atoms with Crippen LogP contribution in [-0.4, -0.2) is 74.1 Å². The molecule has 1 unspecified atom stereocenters. The Morgan fingerprint density at radius 3 is 2.58 bits per heavy atom. The third-order valence-electron chi connectivity index (χ3n) is 7.77. The molecule has 2 aromatic heterocycles. The van der Waals surface area contributed by atoms with E-state index >= 15 is 0 Å². The smallest absolute Gasteiger partial charge is 0.308 e. The van der Waals surface area contributed by atoms with Crippen LogP contribution in [0.2, 0.25) is 0 Å². The number of carbonyl (C=O) groups excluding carboxylic acids is 1. The quantitative estimate of drug-likeness (QED) is 0.328. The summed E-state index contributed by atoms with van der Waals surface area (Å²) >= 11 is 0. The molecule has 1 fully saturated rings. The van der Waals surface area contributed by atoms with E-state index < -0.39 is 23.8 Å². The number of aliphatic carboxylic acids is 1. The Hall–Kier alpha value is -4.25. The molecule has 212 valence electrons. The van der Waals surface area contributed by atoms with Gasteiger partial charge in [0.2, 0.25) is 12.7 Å². The van der Waals surface area contributed by atoms with Gasteiger partial charge in [0.1, 0.15) is 0 Å². The molecular formula is C29H34N4O7. The number of nitrogens with zero attached hydrogens (tertiary/aromatic N) is 4. The van der Waals surface area contributed by atoms with Crippen LogP contribution in [0.3, 0.4) is 0 Å². The molecule has 5 rings (SSSR count). The Bertz CT molecular complexity index is 1330. The van der Waals surface area contributed by atoms with E-state index in [1.54, 1.807) is 29.4 Å². The summed E-state index contributed by atoms with van der Waals surface area (Å²) in [5.74, 6) is -1.42. The highest BCUT2D eigenvalue weighted by Crippen LogP contribution is 2.43. The summed E-state index contributed by atoms with van der Waals surface area (Å²) in [6, 6.07) is 11.3. The summed E-state index contributed by atoms with van der Waals surface area (Å²) in [5.41, 5.74) is 1.49. The minimum atomic E-state index is -0.973. The van der Waals surface area contributed by atoms with E-state index in [0.29, 0.717) is 36.7 Å². The van der Waals surface area contributed by atoms with Gasteiger partial charge in [-0.25, -0.2) is 0 Å². The van der Waals surface area contributed by atoms with Crippen molar-refractivity contribution in [2.75, 3.05) is 31.3 Å². The summed E-state index contributed by atoms with van der Waals surface area (Å²) < 4.78 is 12.3. The number of anilines is 1. The summed E-state index contributed by atoms with van der Waals surface area (Å²) in [4.78, 5) is 34.3. The fourth-order valence-corrected chi connectivity index (χ4v) is 5.76. The molecule has 0 bridgehead atoms. The number of pyridine rings is 1. The monoisotopic (exact) mass is 550 g/mol. The number of hydrogen-bond donors (Lipinski definition) is 3. The van der Waals surface area contributed by atoms with Crippen molar-refractivity contribution >= 4 is 17.6 Å². The van der Waals surface area contributed by atoms with E-state index in [1.807, 2.05) is 23.1 Å². The summed E-state index contributed by atoms with van der Waals surface area (Å²) in [6.07, 6.45) is 5.33. The van der Waals surface area contributed by atoms with E-state index in [-0.39, 0.29) is 37.5 Å². The second kappa shape index (κ2) is 11.9. The lowest BCUT2D eigenvalue weighted by Crippen LogP contribution is -2.45. The van der Waals surface area contributed by atoms with Crippen molar-refractivity contribution < 1.29 is 34.4 Å². The molecule has 0 saturated carbocycles.